The molecule has 0 fully saturated rings. The average molecular weight is 313 g/mol. The lowest BCUT2D eigenvalue weighted by Crippen LogP contribution is -2.17. The number of hydrogen-bond acceptors (Lipinski definition) is 3. The molecule has 118 valence electrons. The van der Waals surface area contributed by atoms with Crippen molar-refractivity contribution in [1.82, 2.24) is 9.78 Å². The molecule has 1 heterocycles. The molecule has 0 aliphatic carbocycles. The Bertz CT molecular complexity index is 691. The maximum Gasteiger partial charge on any atom is 0.573 e. The second-order valence-corrected chi connectivity index (χ2v) is 4.70. The third kappa shape index (κ3) is 3.57. The molecule has 0 bridgehead atoms. The van der Waals surface area contributed by atoms with Crippen molar-refractivity contribution in [2.24, 2.45) is 7.05 Å². The fourth-order valence-electron chi connectivity index (χ4n) is 2.04. The molecule has 0 saturated carbocycles. The van der Waals surface area contributed by atoms with Crippen LogP contribution in [-0.2, 0) is 7.05 Å². The van der Waals surface area contributed by atoms with Crippen molar-refractivity contribution >= 4 is 11.6 Å². The molecule has 8 heteroatoms. The molecule has 1 amide bonds. The topological polar surface area (TPSA) is 56.2 Å². The number of amides is 1. The number of alkyl halides is 3. The van der Waals surface area contributed by atoms with Gasteiger partial charge in [-0.2, -0.15) is 5.10 Å². The number of aryl methyl sites for hydroxylation is 2. The summed E-state index contributed by atoms with van der Waals surface area (Å²) in [6, 6.07) is 4.93. The van der Waals surface area contributed by atoms with Gasteiger partial charge in [-0.25, -0.2) is 0 Å². The summed E-state index contributed by atoms with van der Waals surface area (Å²) >= 11 is 0. The van der Waals surface area contributed by atoms with Gasteiger partial charge in [0.15, 0.2) is 0 Å². The van der Waals surface area contributed by atoms with Crippen molar-refractivity contribution in [1.29, 1.82) is 0 Å². The molecule has 22 heavy (non-hydrogen) atoms. The largest absolute Gasteiger partial charge is 0.573 e. The summed E-state index contributed by atoms with van der Waals surface area (Å²) in [5, 5.41) is 6.75. The first-order chi connectivity index (χ1) is 10.2. The third-order valence-electron chi connectivity index (χ3n) is 3.08. The van der Waals surface area contributed by atoms with Gasteiger partial charge in [0, 0.05) is 18.4 Å². The molecular formula is C14H14F3N3O2. The molecular weight excluding hydrogens is 299 g/mol. The zero-order chi connectivity index (χ0) is 16.5. The van der Waals surface area contributed by atoms with Gasteiger partial charge < -0.3 is 10.1 Å². The van der Waals surface area contributed by atoms with Gasteiger partial charge in [0.2, 0.25) is 0 Å². The number of rotatable bonds is 3. The van der Waals surface area contributed by atoms with Crippen LogP contribution >= 0.6 is 0 Å². The second-order valence-electron chi connectivity index (χ2n) is 4.70. The van der Waals surface area contributed by atoms with Gasteiger partial charge in [0.1, 0.15) is 5.75 Å². The lowest BCUT2D eigenvalue weighted by atomic mass is 10.2. The summed E-state index contributed by atoms with van der Waals surface area (Å²) in [5.41, 5.74) is 2.09. The van der Waals surface area contributed by atoms with Crippen LogP contribution in [0.15, 0.2) is 24.3 Å². The van der Waals surface area contributed by atoms with Gasteiger partial charge in [-0.3, -0.25) is 9.48 Å². The number of benzene rings is 1. The Hall–Kier alpha value is -2.51. The molecule has 0 atom stereocenters. The number of nitrogens with one attached hydrogen (secondary N) is 1. The highest BCUT2D eigenvalue weighted by Crippen LogP contribution is 2.24. The summed E-state index contributed by atoms with van der Waals surface area (Å²) in [6.07, 6.45) is -4.74. The molecule has 1 aromatic carbocycles. The fourth-order valence-corrected chi connectivity index (χ4v) is 2.04. The Morgan fingerprint density at radius 3 is 2.27 bits per heavy atom. The second kappa shape index (κ2) is 5.70. The van der Waals surface area contributed by atoms with Crippen LogP contribution in [0.25, 0.3) is 0 Å². The van der Waals surface area contributed by atoms with E-state index in [2.05, 4.69) is 15.2 Å². The predicted molar refractivity (Wildman–Crippen MR) is 73.8 cm³/mol. The summed E-state index contributed by atoms with van der Waals surface area (Å²) in [5.74, 6) is -0.716. The van der Waals surface area contributed by atoms with Crippen LogP contribution in [0.4, 0.5) is 18.9 Å². The van der Waals surface area contributed by atoms with Crippen molar-refractivity contribution in [3.63, 3.8) is 0 Å². The Morgan fingerprint density at radius 2 is 1.82 bits per heavy atom. The minimum Gasteiger partial charge on any atom is -0.406 e. The molecule has 5 nitrogen and oxygen atoms in total. The molecule has 0 aliphatic rings. The quantitative estimate of drug-likeness (QED) is 0.947. The monoisotopic (exact) mass is 313 g/mol. The first kappa shape index (κ1) is 15.9. The van der Waals surface area contributed by atoms with E-state index in [0.717, 1.165) is 12.1 Å². The molecule has 0 unspecified atom stereocenters. The first-order valence-electron chi connectivity index (χ1n) is 6.35. The normalized spacial score (nSPS) is 11.4. The van der Waals surface area contributed by atoms with Gasteiger partial charge in [0.25, 0.3) is 5.91 Å². The number of halogens is 3. The van der Waals surface area contributed by atoms with Gasteiger partial charge >= 0.3 is 6.36 Å². The maximum absolute atomic E-state index is 12.2. The van der Waals surface area contributed by atoms with E-state index in [1.54, 1.807) is 25.6 Å². The van der Waals surface area contributed by atoms with Crippen LogP contribution in [0, 0.1) is 13.8 Å². The van der Waals surface area contributed by atoms with Crippen molar-refractivity contribution in [3.05, 3.63) is 41.2 Å². The van der Waals surface area contributed by atoms with Crippen molar-refractivity contribution < 1.29 is 22.7 Å². The highest BCUT2D eigenvalue weighted by Gasteiger charge is 2.31. The minimum atomic E-state index is -4.74. The smallest absolute Gasteiger partial charge is 0.406 e. The number of ether oxygens (including phenoxy) is 1. The molecule has 2 rings (SSSR count). The molecule has 1 N–H and O–H groups in total. The number of carbonyl (C=O) groups is 1. The summed E-state index contributed by atoms with van der Waals surface area (Å²) in [6.45, 7) is 3.47. The van der Waals surface area contributed by atoms with Crippen LogP contribution in [0.3, 0.4) is 0 Å². The molecule has 0 spiro atoms. The summed E-state index contributed by atoms with van der Waals surface area (Å²) in [4.78, 5) is 12.2. The number of carbonyl (C=O) groups excluding carboxylic acids is 1. The van der Waals surface area contributed by atoms with E-state index < -0.39 is 6.36 Å². The average Bonchev–Trinajstić information content (AvgIpc) is 2.64. The van der Waals surface area contributed by atoms with E-state index in [0.29, 0.717) is 22.6 Å². The molecule has 0 aliphatic heterocycles. The van der Waals surface area contributed by atoms with E-state index in [9.17, 15) is 18.0 Å². The number of aromatic nitrogens is 2. The van der Waals surface area contributed by atoms with E-state index in [4.69, 9.17) is 0 Å². The van der Waals surface area contributed by atoms with Gasteiger partial charge in [0.05, 0.1) is 11.3 Å². The van der Waals surface area contributed by atoms with E-state index >= 15 is 0 Å². The summed E-state index contributed by atoms with van der Waals surface area (Å²) < 4.78 is 41.5. The third-order valence-corrected chi connectivity index (χ3v) is 3.08. The van der Waals surface area contributed by atoms with E-state index in [1.165, 1.54) is 12.1 Å². The maximum atomic E-state index is 12.2. The minimum absolute atomic E-state index is 0.348. The van der Waals surface area contributed by atoms with Crippen LogP contribution in [-0.4, -0.2) is 22.1 Å². The Balaban J connectivity index is 2.12. The molecule has 0 radical (unpaired) electrons. The highest BCUT2D eigenvalue weighted by atomic mass is 19.4. The lowest BCUT2D eigenvalue weighted by molar-refractivity contribution is -0.274. The predicted octanol–water partition coefficient (Wildman–Crippen LogP) is 3.19. The van der Waals surface area contributed by atoms with E-state index in [-0.39, 0.29) is 11.7 Å². The van der Waals surface area contributed by atoms with Crippen LogP contribution in [0.1, 0.15) is 21.7 Å². The van der Waals surface area contributed by atoms with Gasteiger partial charge in [-0.05, 0) is 38.1 Å². The number of anilines is 1. The highest BCUT2D eigenvalue weighted by molar-refractivity contribution is 6.05. The Morgan fingerprint density at radius 1 is 1.23 bits per heavy atom. The van der Waals surface area contributed by atoms with E-state index in [1.807, 2.05) is 0 Å². The van der Waals surface area contributed by atoms with Crippen molar-refractivity contribution in [3.8, 4) is 5.75 Å². The molecule has 2 aromatic rings. The zero-order valence-corrected chi connectivity index (χ0v) is 12.2. The SMILES string of the molecule is Cc1nn(C)c(C)c1C(=O)Nc1ccc(OC(F)(F)F)cc1. The zero-order valence-electron chi connectivity index (χ0n) is 12.2. The van der Waals surface area contributed by atoms with Crippen LogP contribution in [0.2, 0.25) is 0 Å². The van der Waals surface area contributed by atoms with Crippen LogP contribution in [0.5, 0.6) is 5.75 Å². The lowest BCUT2D eigenvalue weighted by Gasteiger charge is -2.10. The van der Waals surface area contributed by atoms with Crippen LogP contribution < -0.4 is 10.1 Å². The Labute approximate surface area is 124 Å². The van der Waals surface area contributed by atoms with Gasteiger partial charge in [-0.1, -0.05) is 0 Å². The molecule has 0 saturated heterocycles. The number of hydrogen-bond donors (Lipinski definition) is 1. The van der Waals surface area contributed by atoms with Gasteiger partial charge in [-0.15, -0.1) is 13.2 Å². The van der Waals surface area contributed by atoms with Crippen molar-refractivity contribution in [2.45, 2.75) is 20.2 Å². The number of nitrogens with zero attached hydrogens (tertiary/aromatic N) is 2. The molecule has 1 aromatic heterocycles. The Kier molecular flexibility index (Phi) is 4.11. The first-order valence-corrected chi connectivity index (χ1v) is 6.35. The van der Waals surface area contributed by atoms with Crippen molar-refractivity contribution in [2.75, 3.05) is 5.32 Å². The standard InChI is InChI=1S/C14H14F3N3O2/c1-8-12(9(2)20(3)19-8)13(21)18-10-4-6-11(7-5-10)22-14(15,16)17/h4-7H,1-3H3,(H,18,21). The fraction of sp³-hybridized carbons (Fsp3) is 0.286. The summed E-state index contributed by atoms with van der Waals surface area (Å²) in [7, 11) is 1.72.